The Kier molecular flexibility index (Phi) is 5.72. The monoisotopic (exact) mass is 296 g/mol. The number of rotatable bonds is 6. The summed E-state index contributed by atoms with van der Waals surface area (Å²) in [5.74, 6) is -0.431. The fourth-order valence-corrected chi connectivity index (χ4v) is 2.20. The molecule has 4 heteroatoms. The first-order valence-corrected chi connectivity index (χ1v) is 7.31. The van der Waals surface area contributed by atoms with Crippen LogP contribution >= 0.6 is 0 Å². The molecule has 0 spiro atoms. The number of carbonyl (C=O) groups is 2. The minimum Gasteiger partial charge on any atom is -0.352 e. The van der Waals surface area contributed by atoms with Crippen molar-refractivity contribution < 1.29 is 9.59 Å². The minimum absolute atomic E-state index is 0.0172. The summed E-state index contributed by atoms with van der Waals surface area (Å²) in [6.07, 6.45) is 0.763. The van der Waals surface area contributed by atoms with Gasteiger partial charge in [-0.05, 0) is 31.0 Å². The van der Waals surface area contributed by atoms with Crippen LogP contribution in [0.25, 0.3) is 0 Å². The van der Waals surface area contributed by atoms with Gasteiger partial charge in [-0.3, -0.25) is 9.59 Å². The van der Waals surface area contributed by atoms with Crippen molar-refractivity contribution in [2.75, 3.05) is 6.54 Å². The zero-order valence-corrected chi connectivity index (χ0v) is 12.6. The fourth-order valence-electron chi connectivity index (χ4n) is 2.20. The standard InChI is InChI=1S/C18H20N2O2/c1-14(12-15-8-4-2-5-9-15)20-17(21)13-19-18(22)16-10-6-3-7-11-16/h2-11,14H,12-13H2,1H3,(H,19,22)(H,20,21). The molecule has 0 aliphatic carbocycles. The molecule has 2 N–H and O–H groups in total. The van der Waals surface area contributed by atoms with Gasteiger partial charge in [0.05, 0.1) is 6.54 Å². The lowest BCUT2D eigenvalue weighted by molar-refractivity contribution is -0.120. The maximum atomic E-state index is 11.9. The van der Waals surface area contributed by atoms with Crippen LogP contribution in [0.4, 0.5) is 0 Å². The van der Waals surface area contributed by atoms with Crippen LogP contribution in [-0.4, -0.2) is 24.4 Å². The molecule has 0 saturated carbocycles. The summed E-state index contributed by atoms with van der Waals surface area (Å²) >= 11 is 0. The molecule has 4 nitrogen and oxygen atoms in total. The Morgan fingerprint density at radius 3 is 2.18 bits per heavy atom. The number of carbonyl (C=O) groups excluding carboxylic acids is 2. The minimum atomic E-state index is -0.244. The van der Waals surface area contributed by atoms with E-state index in [4.69, 9.17) is 0 Å². The molecule has 0 heterocycles. The summed E-state index contributed by atoms with van der Waals surface area (Å²) < 4.78 is 0. The lowest BCUT2D eigenvalue weighted by Gasteiger charge is -2.14. The molecule has 2 aromatic carbocycles. The zero-order valence-electron chi connectivity index (χ0n) is 12.6. The number of nitrogens with one attached hydrogen (secondary N) is 2. The van der Waals surface area contributed by atoms with Crippen LogP contribution in [0.15, 0.2) is 60.7 Å². The maximum absolute atomic E-state index is 11.9. The van der Waals surface area contributed by atoms with Gasteiger partial charge in [-0.25, -0.2) is 0 Å². The summed E-state index contributed by atoms with van der Waals surface area (Å²) in [5, 5.41) is 5.50. The molecule has 0 aliphatic heterocycles. The third-order valence-electron chi connectivity index (χ3n) is 3.24. The molecule has 1 atom stereocenters. The summed E-state index contributed by atoms with van der Waals surface area (Å²) in [6.45, 7) is 1.93. The molecule has 1 unspecified atom stereocenters. The van der Waals surface area contributed by atoms with Gasteiger partial charge in [-0.15, -0.1) is 0 Å². The number of benzene rings is 2. The average molecular weight is 296 g/mol. The Labute approximate surface area is 130 Å². The summed E-state index contributed by atoms with van der Waals surface area (Å²) in [5.41, 5.74) is 1.72. The topological polar surface area (TPSA) is 58.2 Å². The van der Waals surface area contributed by atoms with Gasteiger partial charge in [-0.2, -0.15) is 0 Å². The summed E-state index contributed by atoms with van der Waals surface area (Å²) in [4.78, 5) is 23.7. The SMILES string of the molecule is CC(Cc1ccccc1)NC(=O)CNC(=O)c1ccccc1. The molecule has 0 aromatic heterocycles. The van der Waals surface area contributed by atoms with E-state index in [0.29, 0.717) is 5.56 Å². The lowest BCUT2D eigenvalue weighted by atomic mass is 10.1. The van der Waals surface area contributed by atoms with Crippen LogP contribution in [-0.2, 0) is 11.2 Å². The second kappa shape index (κ2) is 7.98. The van der Waals surface area contributed by atoms with E-state index in [-0.39, 0.29) is 24.4 Å². The molecular formula is C18H20N2O2. The van der Waals surface area contributed by atoms with Crippen LogP contribution in [0.2, 0.25) is 0 Å². The van der Waals surface area contributed by atoms with Gasteiger partial charge >= 0.3 is 0 Å². The van der Waals surface area contributed by atoms with E-state index in [1.54, 1.807) is 24.3 Å². The zero-order chi connectivity index (χ0) is 15.8. The first kappa shape index (κ1) is 15.8. The van der Waals surface area contributed by atoms with Crippen molar-refractivity contribution in [3.05, 3.63) is 71.8 Å². The summed E-state index contributed by atoms with van der Waals surface area (Å²) in [6, 6.07) is 18.8. The van der Waals surface area contributed by atoms with Gasteiger partial charge in [0.1, 0.15) is 0 Å². The number of hydrogen-bond acceptors (Lipinski definition) is 2. The lowest BCUT2D eigenvalue weighted by Crippen LogP contribution is -2.41. The van der Waals surface area contributed by atoms with Crippen molar-refractivity contribution in [3.63, 3.8) is 0 Å². The normalized spacial score (nSPS) is 11.5. The molecule has 114 valence electrons. The van der Waals surface area contributed by atoms with Crippen molar-refractivity contribution in [1.82, 2.24) is 10.6 Å². The third-order valence-corrected chi connectivity index (χ3v) is 3.24. The molecular weight excluding hydrogens is 276 g/mol. The van der Waals surface area contributed by atoms with E-state index < -0.39 is 0 Å². The second-order valence-corrected chi connectivity index (χ2v) is 5.21. The van der Waals surface area contributed by atoms with E-state index in [0.717, 1.165) is 6.42 Å². The fraction of sp³-hybridized carbons (Fsp3) is 0.222. The van der Waals surface area contributed by atoms with E-state index in [1.165, 1.54) is 5.56 Å². The van der Waals surface area contributed by atoms with Gasteiger partial charge < -0.3 is 10.6 Å². The van der Waals surface area contributed by atoms with E-state index >= 15 is 0 Å². The highest BCUT2D eigenvalue weighted by Gasteiger charge is 2.10. The van der Waals surface area contributed by atoms with Crippen LogP contribution in [0.3, 0.4) is 0 Å². The Hall–Kier alpha value is -2.62. The quantitative estimate of drug-likeness (QED) is 0.858. The number of hydrogen-bond donors (Lipinski definition) is 2. The maximum Gasteiger partial charge on any atom is 0.251 e. The third kappa shape index (κ3) is 5.05. The highest BCUT2D eigenvalue weighted by Crippen LogP contribution is 2.02. The molecule has 22 heavy (non-hydrogen) atoms. The average Bonchev–Trinajstić information content (AvgIpc) is 2.54. The highest BCUT2D eigenvalue weighted by atomic mass is 16.2. The van der Waals surface area contributed by atoms with Crippen molar-refractivity contribution in [3.8, 4) is 0 Å². The Morgan fingerprint density at radius 2 is 1.55 bits per heavy atom. The van der Waals surface area contributed by atoms with E-state index in [9.17, 15) is 9.59 Å². The smallest absolute Gasteiger partial charge is 0.251 e. The summed E-state index contributed by atoms with van der Waals surface area (Å²) in [7, 11) is 0. The Bertz CT molecular complexity index is 611. The van der Waals surface area contributed by atoms with Crippen LogP contribution in [0.5, 0.6) is 0 Å². The molecule has 0 bridgehead atoms. The second-order valence-electron chi connectivity index (χ2n) is 5.21. The molecule has 2 aromatic rings. The van der Waals surface area contributed by atoms with Gasteiger partial charge in [0.2, 0.25) is 5.91 Å². The van der Waals surface area contributed by atoms with Crippen LogP contribution < -0.4 is 10.6 Å². The van der Waals surface area contributed by atoms with Gasteiger partial charge in [0, 0.05) is 11.6 Å². The predicted molar refractivity (Wildman–Crippen MR) is 86.5 cm³/mol. The highest BCUT2D eigenvalue weighted by molar-refractivity contribution is 5.96. The molecule has 0 aliphatic rings. The van der Waals surface area contributed by atoms with Crippen molar-refractivity contribution in [2.24, 2.45) is 0 Å². The van der Waals surface area contributed by atoms with Gasteiger partial charge in [0.15, 0.2) is 0 Å². The number of amides is 2. The van der Waals surface area contributed by atoms with E-state index in [2.05, 4.69) is 10.6 Å². The van der Waals surface area contributed by atoms with Crippen LogP contribution in [0, 0.1) is 0 Å². The van der Waals surface area contributed by atoms with Crippen molar-refractivity contribution >= 4 is 11.8 Å². The first-order valence-electron chi connectivity index (χ1n) is 7.31. The molecule has 0 saturated heterocycles. The molecule has 0 fully saturated rings. The van der Waals surface area contributed by atoms with Gasteiger partial charge in [0.25, 0.3) is 5.91 Å². The molecule has 2 amide bonds. The van der Waals surface area contributed by atoms with Crippen LogP contribution in [0.1, 0.15) is 22.8 Å². The predicted octanol–water partition coefficient (Wildman–Crippen LogP) is 2.16. The van der Waals surface area contributed by atoms with Crippen molar-refractivity contribution in [1.29, 1.82) is 0 Å². The molecule has 0 radical (unpaired) electrons. The largest absolute Gasteiger partial charge is 0.352 e. The Balaban J connectivity index is 1.75. The first-order chi connectivity index (χ1) is 10.6. The molecule has 2 rings (SSSR count). The van der Waals surface area contributed by atoms with Crippen molar-refractivity contribution in [2.45, 2.75) is 19.4 Å². The Morgan fingerprint density at radius 1 is 0.955 bits per heavy atom. The van der Waals surface area contributed by atoms with E-state index in [1.807, 2.05) is 43.3 Å². The van der Waals surface area contributed by atoms with Gasteiger partial charge in [-0.1, -0.05) is 48.5 Å².